The molecule has 0 fully saturated rings. The third-order valence-corrected chi connectivity index (χ3v) is 2.96. The van der Waals surface area contributed by atoms with Gasteiger partial charge >= 0.3 is 5.97 Å². The maximum atomic E-state index is 11.6. The van der Waals surface area contributed by atoms with E-state index >= 15 is 0 Å². The van der Waals surface area contributed by atoms with Crippen molar-refractivity contribution in [3.05, 3.63) is 0 Å². The van der Waals surface area contributed by atoms with E-state index in [4.69, 9.17) is 0 Å². The van der Waals surface area contributed by atoms with Crippen molar-refractivity contribution in [2.75, 3.05) is 27.2 Å². The molecule has 0 aliphatic rings. The number of nitrogens with one attached hydrogen (secondary N) is 1. The molecule has 0 saturated heterocycles. The molecule has 116 valence electrons. The molecule has 0 saturated carbocycles. The Morgan fingerprint density at radius 2 is 1.75 bits per heavy atom. The first-order valence-corrected chi connectivity index (χ1v) is 7.08. The molecular weight excluding hydrogens is 260 g/mol. The number of carbonyl (C=O) groups excluding carboxylic acids is 3. The van der Waals surface area contributed by atoms with E-state index in [-0.39, 0.29) is 24.9 Å². The summed E-state index contributed by atoms with van der Waals surface area (Å²) in [6, 6.07) is 0. The molecule has 0 aliphatic carbocycles. The molecule has 6 nitrogen and oxygen atoms in total. The van der Waals surface area contributed by atoms with E-state index in [0.717, 1.165) is 19.3 Å². The molecule has 2 amide bonds. The number of hydrogen-bond acceptors (Lipinski definition) is 4. The van der Waals surface area contributed by atoms with Crippen molar-refractivity contribution in [1.82, 2.24) is 10.2 Å². The molecule has 0 radical (unpaired) electrons. The summed E-state index contributed by atoms with van der Waals surface area (Å²) in [4.78, 5) is 35.3. The van der Waals surface area contributed by atoms with Gasteiger partial charge in [-0.15, -0.1) is 0 Å². The Labute approximate surface area is 120 Å². The zero-order valence-corrected chi connectivity index (χ0v) is 12.7. The SMILES string of the molecule is CCCCCCCC(=O)NCC(=O)N(C)CC(=O)OC. The molecule has 0 aliphatic heterocycles. The van der Waals surface area contributed by atoms with Crippen LogP contribution in [-0.2, 0) is 19.1 Å². The summed E-state index contributed by atoms with van der Waals surface area (Å²) >= 11 is 0. The van der Waals surface area contributed by atoms with Crippen molar-refractivity contribution in [3.8, 4) is 0 Å². The largest absolute Gasteiger partial charge is 0.468 e. The Morgan fingerprint density at radius 1 is 1.10 bits per heavy atom. The molecule has 0 bridgehead atoms. The Bertz CT molecular complexity index is 318. The Balaban J connectivity index is 3.72. The van der Waals surface area contributed by atoms with Gasteiger partial charge in [-0.05, 0) is 6.42 Å². The molecule has 0 aromatic rings. The lowest BCUT2D eigenvalue weighted by atomic mass is 10.1. The van der Waals surface area contributed by atoms with Gasteiger partial charge in [0.1, 0.15) is 6.54 Å². The van der Waals surface area contributed by atoms with Crippen LogP contribution in [0.3, 0.4) is 0 Å². The van der Waals surface area contributed by atoms with Gasteiger partial charge in [0.05, 0.1) is 13.7 Å². The second-order valence-corrected chi connectivity index (χ2v) is 4.77. The minimum absolute atomic E-state index is 0.0821. The molecule has 0 atom stereocenters. The topological polar surface area (TPSA) is 75.7 Å². The van der Waals surface area contributed by atoms with Crippen molar-refractivity contribution in [1.29, 1.82) is 0 Å². The van der Waals surface area contributed by atoms with Gasteiger partial charge in [0, 0.05) is 13.5 Å². The fraction of sp³-hybridized carbons (Fsp3) is 0.786. The van der Waals surface area contributed by atoms with Gasteiger partial charge in [0.15, 0.2) is 0 Å². The lowest BCUT2D eigenvalue weighted by Crippen LogP contribution is -2.40. The van der Waals surface area contributed by atoms with Crippen LogP contribution in [0.15, 0.2) is 0 Å². The summed E-state index contributed by atoms with van der Waals surface area (Å²) in [5.41, 5.74) is 0. The van der Waals surface area contributed by atoms with Gasteiger partial charge in [-0.25, -0.2) is 0 Å². The molecule has 20 heavy (non-hydrogen) atoms. The highest BCUT2D eigenvalue weighted by Crippen LogP contribution is 2.04. The predicted molar refractivity (Wildman–Crippen MR) is 76.0 cm³/mol. The van der Waals surface area contributed by atoms with Crippen LogP contribution in [0.1, 0.15) is 45.4 Å². The van der Waals surface area contributed by atoms with Crippen LogP contribution in [0.4, 0.5) is 0 Å². The second-order valence-electron chi connectivity index (χ2n) is 4.77. The minimum Gasteiger partial charge on any atom is -0.468 e. The molecule has 0 rings (SSSR count). The van der Waals surface area contributed by atoms with Crippen LogP contribution in [-0.4, -0.2) is 49.9 Å². The van der Waals surface area contributed by atoms with E-state index in [2.05, 4.69) is 17.0 Å². The molecule has 0 heterocycles. The first kappa shape index (κ1) is 18.4. The van der Waals surface area contributed by atoms with E-state index in [9.17, 15) is 14.4 Å². The molecular formula is C14H26N2O4. The van der Waals surface area contributed by atoms with Gasteiger partial charge in [-0.1, -0.05) is 32.6 Å². The summed E-state index contributed by atoms with van der Waals surface area (Å²) in [5, 5.41) is 2.56. The van der Waals surface area contributed by atoms with Crippen molar-refractivity contribution in [2.24, 2.45) is 0 Å². The molecule has 1 N–H and O–H groups in total. The van der Waals surface area contributed by atoms with Crippen LogP contribution in [0, 0.1) is 0 Å². The number of methoxy groups -OCH3 is 1. The number of ether oxygens (including phenoxy) is 1. The normalized spacial score (nSPS) is 9.95. The number of nitrogens with zero attached hydrogens (tertiary/aromatic N) is 1. The Morgan fingerprint density at radius 3 is 2.35 bits per heavy atom. The standard InChI is InChI=1S/C14H26N2O4/c1-4-5-6-7-8-9-12(17)15-10-13(18)16(2)11-14(19)20-3/h4-11H2,1-3H3,(H,15,17). The van der Waals surface area contributed by atoms with Gasteiger partial charge in [0.25, 0.3) is 0 Å². The minimum atomic E-state index is -0.483. The van der Waals surface area contributed by atoms with Crippen molar-refractivity contribution >= 4 is 17.8 Å². The molecule has 0 spiro atoms. The van der Waals surface area contributed by atoms with Crippen molar-refractivity contribution in [3.63, 3.8) is 0 Å². The van der Waals surface area contributed by atoms with Gasteiger partial charge in [-0.3, -0.25) is 14.4 Å². The smallest absolute Gasteiger partial charge is 0.325 e. The second kappa shape index (κ2) is 11.3. The highest BCUT2D eigenvalue weighted by molar-refractivity contribution is 5.86. The maximum Gasteiger partial charge on any atom is 0.325 e. The third-order valence-electron chi connectivity index (χ3n) is 2.96. The quantitative estimate of drug-likeness (QED) is 0.482. The summed E-state index contributed by atoms with van der Waals surface area (Å²) in [5.74, 6) is -0.917. The first-order valence-electron chi connectivity index (χ1n) is 7.08. The third kappa shape index (κ3) is 9.35. The van der Waals surface area contributed by atoms with E-state index in [1.165, 1.54) is 31.9 Å². The lowest BCUT2D eigenvalue weighted by Gasteiger charge is -2.15. The van der Waals surface area contributed by atoms with Crippen LogP contribution in [0.25, 0.3) is 0 Å². The number of amides is 2. The number of likely N-dealkylation sites (N-methyl/N-ethyl adjacent to an activating group) is 1. The van der Waals surface area contributed by atoms with E-state index in [1.54, 1.807) is 0 Å². The zero-order chi connectivity index (χ0) is 15.4. The number of rotatable bonds is 10. The van der Waals surface area contributed by atoms with Crippen LogP contribution in [0.2, 0.25) is 0 Å². The van der Waals surface area contributed by atoms with Crippen LogP contribution < -0.4 is 5.32 Å². The zero-order valence-electron chi connectivity index (χ0n) is 12.7. The monoisotopic (exact) mass is 286 g/mol. The molecule has 6 heteroatoms. The highest BCUT2D eigenvalue weighted by Gasteiger charge is 2.13. The first-order chi connectivity index (χ1) is 9.51. The maximum absolute atomic E-state index is 11.6. The average molecular weight is 286 g/mol. The van der Waals surface area contributed by atoms with Gasteiger partial charge < -0.3 is 15.0 Å². The van der Waals surface area contributed by atoms with E-state index in [1.807, 2.05) is 0 Å². The fourth-order valence-electron chi connectivity index (χ4n) is 1.63. The van der Waals surface area contributed by atoms with Crippen LogP contribution in [0.5, 0.6) is 0 Å². The Hall–Kier alpha value is -1.59. The fourth-order valence-corrected chi connectivity index (χ4v) is 1.63. The molecule has 0 aromatic heterocycles. The average Bonchev–Trinajstić information content (AvgIpc) is 2.44. The van der Waals surface area contributed by atoms with E-state index in [0.29, 0.717) is 6.42 Å². The van der Waals surface area contributed by atoms with Gasteiger partial charge in [-0.2, -0.15) is 0 Å². The van der Waals surface area contributed by atoms with Crippen molar-refractivity contribution < 1.29 is 19.1 Å². The summed E-state index contributed by atoms with van der Waals surface area (Å²) in [6.45, 7) is 1.95. The highest BCUT2D eigenvalue weighted by atomic mass is 16.5. The number of hydrogen-bond donors (Lipinski definition) is 1. The summed E-state index contributed by atoms with van der Waals surface area (Å²) < 4.78 is 4.46. The number of unbranched alkanes of at least 4 members (excludes halogenated alkanes) is 4. The van der Waals surface area contributed by atoms with Crippen molar-refractivity contribution in [2.45, 2.75) is 45.4 Å². The molecule has 0 unspecified atom stereocenters. The summed E-state index contributed by atoms with van der Waals surface area (Å²) in [6.07, 6.45) is 5.84. The lowest BCUT2D eigenvalue weighted by molar-refractivity contribution is -0.145. The van der Waals surface area contributed by atoms with E-state index < -0.39 is 5.97 Å². The summed E-state index contributed by atoms with van der Waals surface area (Å²) in [7, 11) is 2.76. The molecule has 0 aromatic carbocycles. The number of esters is 1. The Kier molecular flexibility index (Phi) is 10.4. The predicted octanol–water partition coefficient (Wildman–Crippen LogP) is 1.09. The van der Waals surface area contributed by atoms with Crippen LogP contribution >= 0.6 is 0 Å². The number of carbonyl (C=O) groups is 3. The van der Waals surface area contributed by atoms with Gasteiger partial charge in [0.2, 0.25) is 11.8 Å².